The summed E-state index contributed by atoms with van der Waals surface area (Å²) in [7, 11) is 0. The van der Waals surface area contributed by atoms with Crippen LogP contribution >= 0.6 is 11.3 Å². The van der Waals surface area contributed by atoms with E-state index in [-0.39, 0.29) is 0 Å². The highest BCUT2D eigenvalue weighted by Crippen LogP contribution is 2.25. The van der Waals surface area contributed by atoms with Gasteiger partial charge in [-0.2, -0.15) is 0 Å². The highest BCUT2D eigenvalue weighted by molar-refractivity contribution is 7.09. The molecule has 1 aromatic rings. The lowest BCUT2D eigenvalue weighted by Crippen LogP contribution is -2.42. The summed E-state index contributed by atoms with van der Waals surface area (Å²) in [5, 5.41) is 0. The van der Waals surface area contributed by atoms with Crippen LogP contribution in [0.4, 0.5) is 4.39 Å². The smallest absolute Gasteiger partial charge is 0.120 e. The Hall–Kier alpha value is -0.480. The molecule has 1 aliphatic rings. The monoisotopic (exact) mass is 214 g/mol. The SMILES string of the molecule is C[C@]1(F)CCCN(Cc2cncs2)C1. The molecule has 2 heterocycles. The van der Waals surface area contributed by atoms with E-state index >= 15 is 0 Å². The number of hydrogen-bond donors (Lipinski definition) is 0. The van der Waals surface area contributed by atoms with E-state index in [9.17, 15) is 4.39 Å². The minimum atomic E-state index is -0.997. The van der Waals surface area contributed by atoms with Crippen LogP contribution in [0.25, 0.3) is 0 Å². The summed E-state index contributed by atoms with van der Waals surface area (Å²) in [5.74, 6) is 0. The van der Waals surface area contributed by atoms with Gasteiger partial charge in [-0.3, -0.25) is 9.88 Å². The number of likely N-dealkylation sites (tertiary alicyclic amines) is 1. The second-order valence-corrected chi connectivity index (χ2v) is 5.17. The van der Waals surface area contributed by atoms with Gasteiger partial charge >= 0.3 is 0 Å². The first kappa shape index (κ1) is 10.1. The molecule has 0 bridgehead atoms. The molecule has 4 heteroatoms. The van der Waals surface area contributed by atoms with E-state index in [1.54, 1.807) is 18.3 Å². The molecule has 1 aromatic heterocycles. The molecule has 1 aliphatic heterocycles. The lowest BCUT2D eigenvalue weighted by molar-refractivity contribution is 0.0568. The highest BCUT2D eigenvalue weighted by Gasteiger charge is 2.30. The van der Waals surface area contributed by atoms with E-state index in [1.165, 1.54) is 4.88 Å². The molecule has 0 radical (unpaired) electrons. The molecule has 0 aromatic carbocycles. The van der Waals surface area contributed by atoms with Gasteiger partial charge in [-0.05, 0) is 26.3 Å². The van der Waals surface area contributed by atoms with Crippen LogP contribution in [0.1, 0.15) is 24.6 Å². The lowest BCUT2D eigenvalue weighted by Gasteiger charge is -2.34. The summed E-state index contributed by atoms with van der Waals surface area (Å²) >= 11 is 1.64. The normalized spacial score (nSPS) is 29.3. The topological polar surface area (TPSA) is 16.1 Å². The number of thiazole rings is 1. The molecule has 0 saturated carbocycles. The number of aromatic nitrogens is 1. The zero-order valence-corrected chi connectivity index (χ0v) is 9.19. The average molecular weight is 214 g/mol. The number of nitrogens with zero attached hydrogens (tertiary/aromatic N) is 2. The summed E-state index contributed by atoms with van der Waals surface area (Å²) in [6.45, 7) is 4.12. The number of piperidine rings is 1. The van der Waals surface area contributed by atoms with Crippen molar-refractivity contribution in [3.05, 3.63) is 16.6 Å². The van der Waals surface area contributed by atoms with Gasteiger partial charge < -0.3 is 0 Å². The molecule has 1 saturated heterocycles. The number of halogens is 1. The molecule has 1 atom stereocenters. The van der Waals surface area contributed by atoms with Crippen molar-refractivity contribution in [2.45, 2.75) is 32.0 Å². The fourth-order valence-corrected chi connectivity index (χ4v) is 2.61. The van der Waals surface area contributed by atoms with Gasteiger partial charge in [0.25, 0.3) is 0 Å². The molecular weight excluding hydrogens is 199 g/mol. The van der Waals surface area contributed by atoms with Crippen molar-refractivity contribution in [2.24, 2.45) is 0 Å². The van der Waals surface area contributed by atoms with Gasteiger partial charge in [0.15, 0.2) is 0 Å². The summed E-state index contributed by atoms with van der Waals surface area (Å²) in [4.78, 5) is 7.42. The second-order valence-electron chi connectivity index (χ2n) is 4.20. The van der Waals surface area contributed by atoms with Gasteiger partial charge in [-0.25, -0.2) is 4.39 Å². The van der Waals surface area contributed by atoms with Crippen molar-refractivity contribution in [3.8, 4) is 0 Å². The largest absolute Gasteiger partial charge is 0.295 e. The first-order valence-corrected chi connectivity index (χ1v) is 5.82. The summed E-state index contributed by atoms with van der Waals surface area (Å²) < 4.78 is 13.7. The fraction of sp³-hybridized carbons (Fsp3) is 0.700. The Balaban J connectivity index is 1.92. The van der Waals surface area contributed by atoms with Crippen LogP contribution in [0.5, 0.6) is 0 Å². The predicted octanol–water partition coefficient (Wildman–Crippen LogP) is 2.47. The van der Waals surface area contributed by atoms with Crippen LogP contribution in [-0.4, -0.2) is 28.6 Å². The third-order valence-corrected chi connectivity index (χ3v) is 3.35. The van der Waals surface area contributed by atoms with Crippen LogP contribution in [0.3, 0.4) is 0 Å². The van der Waals surface area contributed by atoms with Gasteiger partial charge in [0, 0.05) is 24.2 Å². The molecule has 0 unspecified atom stereocenters. The van der Waals surface area contributed by atoms with E-state index < -0.39 is 5.67 Å². The van der Waals surface area contributed by atoms with Crippen molar-refractivity contribution >= 4 is 11.3 Å². The Kier molecular flexibility index (Phi) is 2.83. The summed E-state index contributed by atoms with van der Waals surface area (Å²) in [6, 6.07) is 0. The molecule has 14 heavy (non-hydrogen) atoms. The molecule has 0 spiro atoms. The van der Waals surface area contributed by atoms with Gasteiger partial charge in [-0.15, -0.1) is 11.3 Å². The van der Waals surface area contributed by atoms with Crippen molar-refractivity contribution in [2.75, 3.05) is 13.1 Å². The Morgan fingerprint density at radius 3 is 3.21 bits per heavy atom. The quantitative estimate of drug-likeness (QED) is 0.752. The zero-order valence-electron chi connectivity index (χ0n) is 8.37. The van der Waals surface area contributed by atoms with E-state index in [1.807, 2.05) is 11.7 Å². The second kappa shape index (κ2) is 3.95. The first-order chi connectivity index (χ1) is 6.66. The van der Waals surface area contributed by atoms with Crippen LogP contribution in [-0.2, 0) is 6.54 Å². The van der Waals surface area contributed by atoms with Crippen molar-refractivity contribution in [1.29, 1.82) is 0 Å². The number of hydrogen-bond acceptors (Lipinski definition) is 3. The molecule has 0 aliphatic carbocycles. The van der Waals surface area contributed by atoms with Gasteiger partial charge in [-0.1, -0.05) is 0 Å². The van der Waals surface area contributed by atoms with Crippen LogP contribution < -0.4 is 0 Å². The Morgan fingerprint density at radius 2 is 2.57 bits per heavy atom. The highest BCUT2D eigenvalue weighted by atomic mass is 32.1. The van der Waals surface area contributed by atoms with Gasteiger partial charge in [0.05, 0.1) is 5.51 Å². The molecule has 0 N–H and O–H groups in total. The van der Waals surface area contributed by atoms with Crippen molar-refractivity contribution < 1.29 is 4.39 Å². The number of rotatable bonds is 2. The first-order valence-electron chi connectivity index (χ1n) is 4.94. The minimum Gasteiger partial charge on any atom is -0.295 e. The zero-order chi connectivity index (χ0) is 10.0. The molecule has 2 nitrogen and oxygen atoms in total. The summed E-state index contributed by atoms with van der Waals surface area (Å²) in [6.07, 6.45) is 3.53. The van der Waals surface area contributed by atoms with Crippen molar-refractivity contribution in [1.82, 2.24) is 9.88 Å². The maximum absolute atomic E-state index is 13.7. The molecule has 0 amide bonds. The van der Waals surface area contributed by atoms with Crippen LogP contribution in [0.2, 0.25) is 0 Å². The summed E-state index contributed by atoms with van der Waals surface area (Å²) in [5.41, 5.74) is 0.830. The maximum Gasteiger partial charge on any atom is 0.120 e. The van der Waals surface area contributed by atoms with Gasteiger partial charge in [0.1, 0.15) is 5.67 Å². The number of alkyl halides is 1. The predicted molar refractivity (Wildman–Crippen MR) is 56.1 cm³/mol. The van der Waals surface area contributed by atoms with E-state index in [2.05, 4.69) is 9.88 Å². The van der Waals surface area contributed by atoms with Crippen LogP contribution in [0, 0.1) is 0 Å². The minimum absolute atomic E-state index is 0.560. The Bertz CT molecular complexity index is 284. The molecule has 1 fully saturated rings. The molecule has 78 valence electrons. The molecular formula is C10H15FN2S. The van der Waals surface area contributed by atoms with Crippen molar-refractivity contribution in [3.63, 3.8) is 0 Å². The van der Waals surface area contributed by atoms with E-state index in [0.717, 1.165) is 19.5 Å². The Morgan fingerprint density at radius 1 is 1.71 bits per heavy atom. The van der Waals surface area contributed by atoms with Crippen LogP contribution in [0.15, 0.2) is 11.7 Å². The van der Waals surface area contributed by atoms with E-state index in [4.69, 9.17) is 0 Å². The third-order valence-electron chi connectivity index (χ3n) is 2.59. The van der Waals surface area contributed by atoms with Gasteiger partial charge in [0.2, 0.25) is 0 Å². The Labute approximate surface area is 87.8 Å². The van der Waals surface area contributed by atoms with E-state index in [0.29, 0.717) is 13.0 Å². The maximum atomic E-state index is 13.7. The third kappa shape index (κ3) is 2.51. The lowest BCUT2D eigenvalue weighted by atomic mass is 9.97. The standard InChI is InChI=1S/C10H15FN2S/c1-10(11)3-2-4-13(7-10)6-9-5-12-8-14-9/h5,8H,2-4,6-7H2,1H3/t10-/m0/s1. The molecule has 2 rings (SSSR count). The average Bonchev–Trinajstić information content (AvgIpc) is 2.54. The fourth-order valence-electron chi connectivity index (χ4n) is 1.97.